The molecule has 3 aromatic rings. The zero-order valence-corrected chi connectivity index (χ0v) is 18.8. The SMILES string of the molecule is COc1ccc(C)cc1-n1c(SCC(=O)NCC(F)(F)F)nc2sc(C)c(C)c2c1=O. The van der Waals surface area contributed by atoms with Crippen molar-refractivity contribution in [3.05, 3.63) is 44.6 Å². The van der Waals surface area contributed by atoms with Crippen LogP contribution in [0.15, 0.2) is 28.2 Å². The number of methoxy groups -OCH3 is 1. The van der Waals surface area contributed by atoms with Crippen molar-refractivity contribution >= 4 is 39.2 Å². The molecule has 2 heterocycles. The van der Waals surface area contributed by atoms with Gasteiger partial charge in [-0.25, -0.2) is 4.98 Å². The predicted octanol–water partition coefficient (Wildman–Crippen LogP) is 4.15. The second-order valence-corrected chi connectivity index (χ2v) is 9.00. The summed E-state index contributed by atoms with van der Waals surface area (Å²) >= 11 is 2.25. The number of hydrogen-bond acceptors (Lipinski definition) is 6. The van der Waals surface area contributed by atoms with Gasteiger partial charge in [-0.3, -0.25) is 14.2 Å². The lowest BCUT2D eigenvalue weighted by molar-refractivity contribution is -0.136. The molecule has 0 atom stereocenters. The topological polar surface area (TPSA) is 73.2 Å². The van der Waals surface area contributed by atoms with Crippen molar-refractivity contribution in [2.45, 2.75) is 32.1 Å². The molecule has 31 heavy (non-hydrogen) atoms. The minimum absolute atomic E-state index is 0.199. The largest absolute Gasteiger partial charge is 0.495 e. The molecule has 0 saturated heterocycles. The van der Waals surface area contributed by atoms with Crippen molar-refractivity contribution in [3.8, 4) is 11.4 Å². The first-order chi connectivity index (χ1) is 14.5. The van der Waals surface area contributed by atoms with Gasteiger partial charge in [0, 0.05) is 4.88 Å². The monoisotopic (exact) mass is 471 g/mol. The smallest absolute Gasteiger partial charge is 0.405 e. The van der Waals surface area contributed by atoms with Crippen LogP contribution in [0.3, 0.4) is 0 Å². The highest BCUT2D eigenvalue weighted by Gasteiger charge is 2.28. The van der Waals surface area contributed by atoms with E-state index in [1.807, 2.05) is 32.2 Å². The van der Waals surface area contributed by atoms with Gasteiger partial charge >= 0.3 is 6.18 Å². The number of carbonyl (C=O) groups is 1. The lowest BCUT2D eigenvalue weighted by atomic mass is 10.2. The molecule has 0 aliphatic rings. The van der Waals surface area contributed by atoms with Crippen LogP contribution in [0.4, 0.5) is 13.2 Å². The molecule has 1 aromatic carbocycles. The van der Waals surface area contributed by atoms with E-state index in [1.165, 1.54) is 23.0 Å². The lowest BCUT2D eigenvalue weighted by Crippen LogP contribution is -2.35. The molecule has 0 bridgehead atoms. The second kappa shape index (κ2) is 8.91. The van der Waals surface area contributed by atoms with Gasteiger partial charge in [0.1, 0.15) is 17.1 Å². The van der Waals surface area contributed by atoms with Gasteiger partial charge in [0.2, 0.25) is 5.91 Å². The van der Waals surface area contributed by atoms with Crippen molar-refractivity contribution in [1.82, 2.24) is 14.9 Å². The fourth-order valence-electron chi connectivity index (χ4n) is 2.94. The number of hydrogen-bond donors (Lipinski definition) is 1. The zero-order valence-electron chi connectivity index (χ0n) is 17.2. The summed E-state index contributed by atoms with van der Waals surface area (Å²) in [5, 5.41) is 2.50. The summed E-state index contributed by atoms with van der Waals surface area (Å²) in [4.78, 5) is 31.4. The number of nitrogens with zero attached hydrogens (tertiary/aromatic N) is 2. The Morgan fingerprint density at radius 2 is 2.00 bits per heavy atom. The Bertz CT molecular complexity index is 1200. The number of thiophene rings is 1. The average molecular weight is 472 g/mol. The second-order valence-electron chi connectivity index (χ2n) is 6.85. The summed E-state index contributed by atoms with van der Waals surface area (Å²) < 4.78 is 43.9. The number of carbonyl (C=O) groups excluding carboxylic acids is 1. The third kappa shape index (κ3) is 5.04. The van der Waals surface area contributed by atoms with Crippen molar-refractivity contribution in [2.24, 2.45) is 0 Å². The van der Waals surface area contributed by atoms with Crippen molar-refractivity contribution in [2.75, 3.05) is 19.4 Å². The number of halogens is 3. The number of ether oxygens (including phenoxy) is 1. The number of benzene rings is 1. The lowest BCUT2D eigenvalue weighted by Gasteiger charge is -2.16. The van der Waals surface area contributed by atoms with E-state index in [4.69, 9.17) is 4.74 Å². The fraction of sp³-hybridized carbons (Fsp3) is 0.350. The van der Waals surface area contributed by atoms with Crippen LogP contribution in [0.2, 0.25) is 0 Å². The number of amides is 1. The summed E-state index contributed by atoms with van der Waals surface area (Å²) in [6, 6.07) is 5.31. The molecule has 0 unspecified atom stereocenters. The third-order valence-electron chi connectivity index (χ3n) is 4.57. The minimum atomic E-state index is -4.50. The van der Waals surface area contributed by atoms with Gasteiger partial charge in [-0.05, 0) is 44.0 Å². The van der Waals surface area contributed by atoms with Gasteiger partial charge in [-0.15, -0.1) is 11.3 Å². The number of alkyl halides is 3. The maximum Gasteiger partial charge on any atom is 0.405 e. The summed E-state index contributed by atoms with van der Waals surface area (Å²) in [7, 11) is 1.47. The molecule has 11 heteroatoms. The molecular formula is C20H20F3N3O3S2. The first-order valence-electron chi connectivity index (χ1n) is 9.16. The molecule has 0 radical (unpaired) electrons. The van der Waals surface area contributed by atoms with Gasteiger partial charge in [0.05, 0.1) is 23.9 Å². The predicted molar refractivity (Wildman–Crippen MR) is 116 cm³/mol. The molecule has 0 spiro atoms. The molecule has 0 aliphatic carbocycles. The van der Waals surface area contributed by atoms with E-state index in [1.54, 1.807) is 12.1 Å². The Balaban J connectivity index is 2.10. The average Bonchev–Trinajstić information content (AvgIpc) is 2.98. The van der Waals surface area contributed by atoms with Gasteiger partial charge < -0.3 is 10.1 Å². The van der Waals surface area contributed by atoms with Crippen molar-refractivity contribution < 1.29 is 22.7 Å². The molecule has 1 amide bonds. The number of aromatic nitrogens is 2. The normalized spacial score (nSPS) is 11.7. The van der Waals surface area contributed by atoms with E-state index in [0.29, 0.717) is 21.7 Å². The highest BCUT2D eigenvalue weighted by atomic mass is 32.2. The molecule has 166 valence electrons. The van der Waals surface area contributed by atoms with E-state index in [2.05, 4.69) is 4.98 Å². The quantitative estimate of drug-likeness (QED) is 0.432. The molecular weight excluding hydrogens is 451 g/mol. The van der Waals surface area contributed by atoms with Crippen LogP contribution in [-0.4, -0.2) is 41.0 Å². The van der Waals surface area contributed by atoms with E-state index < -0.39 is 18.6 Å². The minimum Gasteiger partial charge on any atom is -0.495 e. The van der Waals surface area contributed by atoms with Crippen molar-refractivity contribution in [1.29, 1.82) is 0 Å². The Hall–Kier alpha value is -2.53. The van der Waals surface area contributed by atoms with E-state index in [0.717, 1.165) is 27.8 Å². The summed E-state index contributed by atoms with van der Waals surface area (Å²) in [6.45, 7) is 4.17. The van der Waals surface area contributed by atoms with Gasteiger partial charge in [-0.2, -0.15) is 13.2 Å². The van der Waals surface area contributed by atoms with Gasteiger partial charge in [0.25, 0.3) is 5.56 Å². The Morgan fingerprint density at radius 1 is 1.29 bits per heavy atom. The van der Waals surface area contributed by atoms with Crippen LogP contribution in [0.25, 0.3) is 15.9 Å². The molecule has 0 fully saturated rings. The molecule has 0 aliphatic heterocycles. The Kier molecular flexibility index (Phi) is 6.65. The fourth-order valence-corrected chi connectivity index (χ4v) is 4.85. The number of fused-ring (bicyclic) bond motifs is 1. The summed E-state index contributed by atoms with van der Waals surface area (Å²) in [6.07, 6.45) is -4.50. The maximum atomic E-state index is 13.5. The first-order valence-corrected chi connectivity index (χ1v) is 11.0. The van der Waals surface area contributed by atoms with Gasteiger partial charge in [-0.1, -0.05) is 17.8 Å². The molecule has 6 nitrogen and oxygen atoms in total. The van der Waals surface area contributed by atoms with Crippen LogP contribution >= 0.6 is 23.1 Å². The van der Waals surface area contributed by atoms with Gasteiger partial charge in [0.15, 0.2) is 5.16 Å². The number of rotatable bonds is 6. The first kappa shape index (κ1) is 23.1. The highest BCUT2D eigenvalue weighted by molar-refractivity contribution is 7.99. The number of thioether (sulfide) groups is 1. The van der Waals surface area contributed by atoms with Crippen LogP contribution in [-0.2, 0) is 4.79 Å². The molecule has 0 saturated carbocycles. The standard InChI is InChI=1S/C20H20F3N3O3S2/c1-10-5-6-14(29-4)13(7-10)26-18(28)16-11(2)12(3)31-17(16)25-19(26)30-8-15(27)24-9-20(21,22)23/h5-7H,8-9H2,1-4H3,(H,24,27). The Morgan fingerprint density at radius 3 is 2.65 bits per heavy atom. The summed E-state index contributed by atoms with van der Waals surface area (Å²) in [5.41, 5.74) is 1.81. The van der Waals surface area contributed by atoms with Crippen LogP contribution in [0.5, 0.6) is 5.75 Å². The molecule has 3 rings (SSSR count). The van der Waals surface area contributed by atoms with E-state index in [-0.39, 0.29) is 16.5 Å². The summed E-state index contributed by atoms with van der Waals surface area (Å²) in [5.74, 6) is -0.703. The number of aryl methyl sites for hydroxylation is 3. The van der Waals surface area contributed by atoms with Crippen molar-refractivity contribution in [3.63, 3.8) is 0 Å². The highest BCUT2D eigenvalue weighted by Crippen LogP contribution is 2.32. The van der Waals surface area contributed by atoms with Crippen LogP contribution in [0.1, 0.15) is 16.0 Å². The molecule has 1 N–H and O–H groups in total. The zero-order chi connectivity index (χ0) is 22.9. The van der Waals surface area contributed by atoms with Crippen LogP contribution < -0.4 is 15.6 Å². The number of nitrogens with one attached hydrogen (secondary N) is 1. The Labute approximate surface area is 184 Å². The van der Waals surface area contributed by atoms with E-state index in [9.17, 15) is 22.8 Å². The third-order valence-corrected chi connectivity index (χ3v) is 6.61. The maximum absolute atomic E-state index is 13.5. The van der Waals surface area contributed by atoms with E-state index >= 15 is 0 Å². The molecule has 2 aromatic heterocycles. The van der Waals surface area contributed by atoms with Crippen LogP contribution in [0, 0.1) is 20.8 Å².